The molecule has 170 valence electrons. The van der Waals surface area contributed by atoms with Crippen molar-refractivity contribution in [2.24, 2.45) is 4.99 Å². The Balaban J connectivity index is 0.00000420. The fourth-order valence-electron chi connectivity index (χ4n) is 3.01. The van der Waals surface area contributed by atoms with Crippen LogP contribution in [0.1, 0.15) is 39.5 Å². The number of guanidine groups is 1. The number of rotatable bonds is 10. The van der Waals surface area contributed by atoms with Crippen LogP contribution < -0.4 is 10.6 Å². The molecule has 2 fully saturated rings. The Morgan fingerprint density at radius 3 is 2.41 bits per heavy atom. The second-order valence-corrected chi connectivity index (χ2v) is 9.63. The number of ether oxygens (including phenoxy) is 1. The van der Waals surface area contributed by atoms with Gasteiger partial charge in [-0.1, -0.05) is 0 Å². The van der Waals surface area contributed by atoms with E-state index in [1.165, 1.54) is 4.31 Å². The standard InChI is InChI=1S/C18H35N5O4S.HI/c1-15(2)27-13-14-28(25,26)23-11-9-22(10-12-23)18(19-3)20-8-4-5-17(24)21-16-6-7-16;/h15-16H,4-14H2,1-3H3,(H,19,20)(H,21,24);1H. The van der Waals surface area contributed by atoms with Gasteiger partial charge in [-0.2, -0.15) is 4.31 Å². The van der Waals surface area contributed by atoms with E-state index in [4.69, 9.17) is 4.74 Å². The summed E-state index contributed by atoms with van der Waals surface area (Å²) in [6, 6.07) is 0.401. The molecule has 0 atom stereocenters. The van der Waals surface area contributed by atoms with Crippen LogP contribution in [0.3, 0.4) is 0 Å². The first-order chi connectivity index (χ1) is 13.3. The van der Waals surface area contributed by atoms with Crippen LogP contribution in [-0.2, 0) is 19.6 Å². The molecule has 1 saturated heterocycles. The van der Waals surface area contributed by atoms with Crippen molar-refractivity contribution in [3.8, 4) is 0 Å². The van der Waals surface area contributed by atoms with Gasteiger partial charge in [-0.3, -0.25) is 9.79 Å². The molecule has 0 bridgehead atoms. The van der Waals surface area contributed by atoms with E-state index in [0.717, 1.165) is 25.2 Å². The molecule has 11 heteroatoms. The van der Waals surface area contributed by atoms with E-state index in [0.29, 0.717) is 45.2 Å². The number of nitrogens with one attached hydrogen (secondary N) is 2. The topological polar surface area (TPSA) is 103 Å². The highest BCUT2D eigenvalue weighted by Crippen LogP contribution is 2.18. The molecule has 1 aliphatic carbocycles. The number of aliphatic imine (C=N–C) groups is 1. The maximum atomic E-state index is 12.4. The largest absolute Gasteiger partial charge is 0.378 e. The van der Waals surface area contributed by atoms with Gasteiger partial charge in [0, 0.05) is 52.2 Å². The summed E-state index contributed by atoms with van der Waals surface area (Å²) in [6.45, 7) is 6.72. The molecule has 1 heterocycles. The first-order valence-electron chi connectivity index (χ1n) is 10.2. The average Bonchev–Trinajstić information content (AvgIpc) is 3.45. The van der Waals surface area contributed by atoms with Crippen molar-refractivity contribution in [2.75, 3.05) is 52.1 Å². The van der Waals surface area contributed by atoms with Crippen molar-refractivity contribution in [3.05, 3.63) is 0 Å². The second kappa shape index (κ2) is 12.9. The minimum Gasteiger partial charge on any atom is -0.378 e. The van der Waals surface area contributed by atoms with Crippen LogP contribution in [0.25, 0.3) is 0 Å². The summed E-state index contributed by atoms with van der Waals surface area (Å²) >= 11 is 0. The monoisotopic (exact) mass is 545 g/mol. The Labute approximate surface area is 192 Å². The number of hydrogen-bond acceptors (Lipinski definition) is 5. The van der Waals surface area contributed by atoms with Crippen molar-refractivity contribution >= 4 is 45.9 Å². The number of carbonyl (C=O) groups excluding carboxylic acids is 1. The number of halogens is 1. The zero-order chi connectivity index (χ0) is 20.6. The summed E-state index contributed by atoms with van der Waals surface area (Å²) in [7, 11) is -1.58. The number of amides is 1. The maximum absolute atomic E-state index is 12.4. The van der Waals surface area contributed by atoms with Gasteiger partial charge in [0.2, 0.25) is 15.9 Å². The normalized spacial score (nSPS) is 18.5. The van der Waals surface area contributed by atoms with Crippen molar-refractivity contribution in [2.45, 2.75) is 51.7 Å². The molecule has 1 aliphatic heterocycles. The number of piperazine rings is 1. The highest BCUT2D eigenvalue weighted by atomic mass is 127. The third kappa shape index (κ3) is 9.79. The predicted molar refractivity (Wildman–Crippen MR) is 125 cm³/mol. The SMILES string of the molecule is CN=C(NCCCC(=O)NC1CC1)N1CCN(S(=O)(=O)CCOC(C)C)CC1.I. The Morgan fingerprint density at radius 2 is 1.86 bits per heavy atom. The summed E-state index contributed by atoms with van der Waals surface area (Å²) < 4.78 is 31.7. The Kier molecular flexibility index (Phi) is 11.7. The Hall–Kier alpha value is -0.660. The molecular formula is C18H36IN5O4S. The van der Waals surface area contributed by atoms with E-state index in [1.54, 1.807) is 7.05 Å². The van der Waals surface area contributed by atoms with Gasteiger partial charge in [-0.25, -0.2) is 8.42 Å². The Morgan fingerprint density at radius 1 is 1.21 bits per heavy atom. The van der Waals surface area contributed by atoms with Gasteiger partial charge in [0.25, 0.3) is 0 Å². The van der Waals surface area contributed by atoms with Crippen LogP contribution in [0.4, 0.5) is 0 Å². The average molecular weight is 545 g/mol. The van der Waals surface area contributed by atoms with E-state index in [9.17, 15) is 13.2 Å². The summed E-state index contributed by atoms with van der Waals surface area (Å²) in [4.78, 5) is 18.0. The quantitative estimate of drug-likeness (QED) is 0.181. The molecule has 1 saturated carbocycles. The van der Waals surface area contributed by atoms with E-state index in [1.807, 2.05) is 13.8 Å². The predicted octanol–water partition coefficient (Wildman–Crippen LogP) is 0.611. The van der Waals surface area contributed by atoms with Crippen LogP contribution in [0.5, 0.6) is 0 Å². The lowest BCUT2D eigenvalue weighted by molar-refractivity contribution is -0.121. The Bertz CT molecular complexity index is 632. The number of hydrogen-bond donors (Lipinski definition) is 2. The third-order valence-corrected chi connectivity index (χ3v) is 6.58. The fraction of sp³-hybridized carbons (Fsp3) is 0.889. The van der Waals surface area contributed by atoms with E-state index in [-0.39, 0.29) is 48.3 Å². The molecule has 2 N–H and O–H groups in total. The summed E-state index contributed by atoms with van der Waals surface area (Å²) in [5, 5.41) is 6.25. The highest BCUT2D eigenvalue weighted by molar-refractivity contribution is 14.0. The zero-order valence-corrected chi connectivity index (χ0v) is 20.9. The lowest BCUT2D eigenvalue weighted by Gasteiger charge is -2.35. The van der Waals surface area contributed by atoms with Crippen LogP contribution >= 0.6 is 24.0 Å². The fourth-order valence-corrected chi connectivity index (χ4v) is 4.29. The zero-order valence-electron chi connectivity index (χ0n) is 17.7. The molecule has 1 amide bonds. The molecule has 0 aromatic heterocycles. The van der Waals surface area contributed by atoms with Crippen LogP contribution in [0, 0.1) is 0 Å². The highest BCUT2D eigenvalue weighted by Gasteiger charge is 2.28. The molecular weight excluding hydrogens is 509 g/mol. The molecule has 0 radical (unpaired) electrons. The van der Waals surface area contributed by atoms with Gasteiger partial charge in [0.15, 0.2) is 5.96 Å². The van der Waals surface area contributed by atoms with Crippen molar-refractivity contribution < 1.29 is 17.9 Å². The maximum Gasteiger partial charge on any atom is 0.220 e. The third-order valence-electron chi connectivity index (χ3n) is 4.74. The minimum absolute atomic E-state index is 0. The van der Waals surface area contributed by atoms with Gasteiger partial charge in [-0.15, -0.1) is 24.0 Å². The molecule has 0 aromatic rings. The summed E-state index contributed by atoms with van der Waals surface area (Å²) in [5.41, 5.74) is 0. The van der Waals surface area contributed by atoms with E-state index in [2.05, 4.69) is 20.5 Å². The van der Waals surface area contributed by atoms with Gasteiger partial charge in [0.05, 0.1) is 18.5 Å². The van der Waals surface area contributed by atoms with Crippen LogP contribution in [0.15, 0.2) is 4.99 Å². The second-order valence-electron chi connectivity index (χ2n) is 7.54. The lowest BCUT2D eigenvalue weighted by atomic mass is 10.3. The van der Waals surface area contributed by atoms with Crippen LogP contribution in [-0.4, -0.2) is 93.8 Å². The number of carbonyl (C=O) groups is 1. The summed E-state index contributed by atoms with van der Waals surface area (Å²) in [5.74, 6) is 0.878. The number of nitrogens with zero attached hydrogens (tertiary/aromatic N) is 3. The molecule has 9 nitrogen and oxygen atoms in total. The molecule has 0 aromatic carbocycles. The lowest BCUT2D eigenvalue weighted by Crippen LogP contribution is -2.54. The summed E-state index contributed by atoms with van der Waals surface area (Å²) in [6.07, 6.45) is 3.47. The molecule has 2 aliphatic rings. The van der Waals surface area contributed by atoms with Crippen molar-refractivity contribution in [3.63, 3.8) is 0 Å². The smallest absolute Gasteiger partial charge is 0.220 e. The van der Waals surface area contributed by atoms with Gasteiger partial charge >= 0.3 is 0 Å². The molecule has 0 unspecified atom stereocenters. The first-order valence-corrected chi connectivity index (χ1v) is 11.8. The van der Waals surface area contributed by atoms with E-state index < -0.39 is 10.0 Å². The minimum atomic E-state index is -3.29. The van der Waals surface area contributed by atoms with Crippen molar-refractivity contribution in [1.29, 1.82) is 0 Å². The van der Waals surface area contributed by atoms with Gasteiger partial charge in [0.1, 0.15) is 0 Å². The van der Waals surface area contributed by atoms with Gasteiger partial charge < -0.3 is 20.3 Å². The van der Waals surface area contributed by atoms with Crippen LogP contribution in [0.2, 0.25) is 0 Å². The van der Waals surface area contributed by atoms with Crippen molar-refractivity contribution in [1.82, 2.24) is 19.8 Å². The first kappa shape index (κ1) is 26.4. The molecule has 29 heavy (non-hydrogen) atoms. The van der Waals surface area contributed by atoms with E-state index >= 15 is 0 Å². The van der Waals surface area contributed by atoms with Gasteiger partial charge in [-0.05, 0) is 33.1 Å². The number of sulfonamides is 1. The molecule has 0 spiro atoms. The molecule has 2 rings (SSSR count).